The molecule has 0 aromatic carbocycles. The Morgan fingerprint density at radius 3 is 1.18 bits per heavy atom. The van der Waals surface area contributed by atoms with Crippen molar-refractivity contribution in [2.75, 3.05) is 24.6 Å². The van der Waals surface area contributed by atoms with Crippen molar-refractivity contribution in [3.63, 3.8) is 0 Å². The van der Waals surface area contributed by atoms with E-state index in [2.05, 4.69) is 24.2 Å². The summed E-state index contributed by atoms with van der Waals surface area (Å²) < 4.78 is 61.1. The SMILES string of the molecule is CCCCCCCCCCCCCCCCCC(=O)NCCCCS(=O)(=O)O.CCCCCCCCCCCCCCCCCC([O-])=NCCCCS(=O)(=O)[O-].[Ca+2]. The molecule has 0 saturated carbocycles. The average molecular weight is 877 g/mol. The maximum absolute atomic E-state index is 11.7. The molecule has 0 fully saturated rings. The molecule has 1 amide bonds. The van der Waals surface area contributed by atoms with Crippen molar-refractivity contribution in [2.45, 2.75) is 245 Å². The molecule has 0 bridgehead atoms. The molecule has 0 radical (unpaired) electrons. The molecule has 0 saturated heterocycles. The van der Waals surface area contributed by atoms with Gasteiger partial charge in [-0.1, -0.05) is 194 Å². The molecule has 57 heavy (non-hydrogen) atoms. The summed E-state index contributed by atoms with van der Waals surface area (Å²) in [6.07, 6.45) is 42.0. The summed E-state index contributed by atoms with van der Waals surface area (Å²) in [5, 5.41) is 14.4. The van der Waals surface area contributed by atoms with Gasteiger partial charge in [0, 0.05) is 25.3 Å². The summed E-state index contributed by atoms with van der Waals surface area (Å²) in [5.74, 6) is -0.654. The van der Waals surface area contributed by atoms with Crippen LogP contribution in [0.3, 0.4) is 0 Å². The fourth-order valence-electron chi connectivity index (χ4n) is 6.70. The third kappa shape index (κ3) is 60.4. The third-order valence-corrected chi connectivity index (χ3v) is 11.8. The zero-order valence-electron chi connectivity index (χ0n) is 37.1. The van der Waals surface area contributed by atoms with Gasteiger partial charge in [-0.05, 0) is 50.8 Å². The first kappa shape index (κ1) is 61.3. The summed E-state index contributed by atoms with van der Waals surface area (Å²) in [6, 6.07) is 0. The largest absolute Gasteiger partial charge is 2.00 e. The standard InChI is InChI=1S/2C22H45NO4S.Ca/c2*1-2-3-4-5-6-7-8-9-10-11-12-13-14-15-16-19-22(24)23-20-17-18-21-28(25,26)27;/h2*2-21H2,1H3,(H,23,24)(H,25,26,27);/q;;+2/p-2. The number of rotatable bonds is 42. The van der Waals surface area contributed by atoms with Crippen LogP contribution in [0.15, 0.2) is 4.99 Å². The Kier molecular flexibility index (Phi) is 50.6. The van der Waals surface area contributed by atoms with Gasteiger partial charge in [0.25, 0.3) is 10.1 Å². The monoisotopic (exact) mass is 877 g/mol. The van der Waals surface area contributed by atoms with Crippen LogP contribution in [0.4, 0.5) is 0 Å². The van der Waals surface area contributed by atoms with E-state index in [1.807, 2.05) is 0 Å². The minimum Gasteiger partial charge on any atom is -0.862 e. The van der Waals surface area contributed by atoms with Crippen LogP contribution in [0.25, 0.3) is 0 Å². The number of amides is 1. The van der Waals surface area contributed by atoms with Gasteiger partial charge in [0.1, 0.15) is 0 Å². The quantitative estimate of drug-likeness (QED) is 0.0200. The van der Waals surface area contributed by atoms with Crippen molar-refractivity contribution in [1.82, 2.24) is 5.32 Å². The van der Waals surface area contributed by atoms with Gasteiger partial charge in [0.15, 0.2) is 0 Å². The van der Waals surface area contributed by atoms with Crippen LogP contribution in [-0.2, 0) is 25.0 Å². The Hall–Kier alpha value is 0.0197. The van der Waals surface area contributed by atoms with Crippen LogP contribution in [0.1, 0.15) is 245 Å². The second-order valence-electron chi connectivity index (χ2n) is 16.0. The van der Waals surface area contributed by atoms with Crippen LogP contribution >= 0.6 is 0 Å². The summed E-state index contributed by atoms with van der Waals surface area (Å²) in [4.78, 5) is 15.6. The van der Waals surface area contributed by atoms with Crippen LogP contribution in [-0.4, -0.2) is 100 Å². The minimum absolute atomic E-state index is 0. The molecule has 0 aromatic rings. The van der Waals surface area contributed by atoms with Crippen LogP contribution in [0, 0.1) is 0 Å². The summed E-state index contributed by atoms with van der Waals surface area (Å²) in [6.45, 7) is 5.33. The van der Waals surface area contributed by atoms with Crippen molar-refractivity contribution in [3.05, 3.63) is 0 Å². The molecule has 0 aromatic heterocycles. The molecule has 0 unspecified atom stereocenters. The van der Waals surface area contributed by atoms with Gasteiger partial charge in [-0.25, -0.2) is 8.42 Å². The predicted octanol–water partition coefficient (Wildman–Crippen LogP) is 11.0. The number of hydrogen-bond donors (Lipinski definition) is 2. The number of aliphatic imine (C=N–C) groups is 1. The Morgan fingerprint density at radius 2 is 0.825 bits per heavy atom. The van der Waals surface area contributed by atoms with Gasteiger partial charge >= 0.3 is 37.7 Å². The maximum atomic E-state index is 11.7. The van der Waals surface area contributed by atoms with Crippen molar-refractivity contribution < 1.29 is 35.8 Å². The Balaban J connectivity index is -0.00000101. The Bertz CT molecular complexity index is 1090. The molecule has 10 nitrogen and oxygen atoms in total. The number of nitrogens with one attached hydrogen (secondary N) is 1. The number of nitrogens with zero attached hydrogens (tertiary/aromatic N) is 1. The fraction of sp³-hybridized carbons (Fsp3) is 0.955. The van der Waals surface area contributed by atoms with E-state index in [-0.39, 0.29) is 67.5 Å². The first-order chi connectivity index (χ1) is 26.9. The Morgan fingerprint density at radius 1 is 0.491 bits per heavy atom. The summed E-state index contributed by atoms with van der Waals surface area (Å²) >= 11 is 0. The molecule has 0 heterocycles. The second kappa shape index (κ2) is 47.1. The van der Waals surface area contributed by atoms with Gasteiger partial charge in [-0.15, -0.1) is 0 Å². The average Bonchev–Trinajstić information content (AvgIpc) is 3.14. The smallest absolute Gasteiger partial charge is 0.862 e. The molecule has 0 atom stereocenters. The molecule has 2 N–H and O–H groups in total. The molecule has 13 heteroatoms. The normalized spacial score (nSPS) is 11.9. The van der Waals surface area contributed by atoms with E-state index in [1.165, 1.54) is 167 Å². The molecule has 0 aliphatic carbocycles. The van der Waals surface area contributed by atoms with Gasteiger partial charge in [-0.2, -0.15) is 8.42 Å². The maximum Gasteiger partial charge on any atom is 2.00 e. The van der Waals surface area contributed by atoms with Gasteiger partial charge in [-0.3, -0.25) is 9.35 Å². The molecule has 0 aliphatic heterocycles. The fourth-order valence-corrected chi connectivity index (χ4v) is 7.83. The number of hydrogen-bond acceptors (Lipinski definition) is 8. The van der Waals surface area contributed by atoms with Gasteiger partial charge < -0.3 is 20.0 Å². The number of unbranched alkanes of at least 4 members (excludes halogenated alkanes) is 30. The van der Waals surface area contributed by atoms with E-state index >= 15 is 0 Å². The summed E-state index contributed by atoms with van der Waals surface area (Å²) in [5.41, 5.74) is 0. The van der Waals surface area contributed by atoms with Crippen LogP contribution < -0.4 is 10.4 Å². The Labute approximate surface area is 382 Å². The zero-order valence-corrected chi connectivity index (χ0v) is 40.9. The molecule has 0 spiro atoms. The predicted molar refractivity (Wildman–Crippen MR) is 240 cm³/mol. The first-order valence-corrected chi connectivity index (χ1v) is 26.5. The molecular weight excluding hydrogens is 789 g/mol. The zero-order chi connectivity index (χ0) is 41.9. The van der Waals surface area contributed by atoms with E-state index < -0.39 is 20.2 Å². The van der Waals surface area contributed by atoms with E-state index in [1.54, 1.807) is 0 Å². The van der Waals surface area contributed by atoms with Crippen molar-refractivity contribution in [2.24, 2.45) is 4.99 Å². The van der Waals surface area contributed by atoms with E-state index in [4.69, 9.17) is 4.55 Å². The van der Waals surface area contributed by atoms with Gasteiger partial charge in [0.05, 0.1) is 15.9 Å². The minimum atomic E-state index is -4.14. The van der Waals surface area contributed by atoms with Gasteiger partial charge in [0.2, 0.25) is 5.91 Å². The molecule has 336 valence electrons. The van der Waals surface area contributed by atoms with Crippen LogP contribution in [0.2, 0.25) is 0 Å². The summed E-state index contributed by atoms with van der Waals surface area (Å²) in [7, 11) is -8.01. The number of carbonyl (C=O) groups is 1. The van der Waals surface area contributed by atoms with Crippen LogP contribution in [0.5, 0.6) is 0 Å². The third-order valence-electron chi connectivity index (χ3n) is 10.2. The topological polar surface area (TPSA) is 176 Å². The van der Waals surface area contributed by atoms with Crippen molar-refractivity contribution in [1.29, 1.82) is 0 Å². The number of carbonyl (C=O) groups excluding carboxylic acids is 1. The molecular formula is C44H88CaN2O8S2. The molecule has 0 rings (SSSR count). The van der Waals surface area contributed by atoms with E-state index in [0.717, 1.165) is 25.7 Å². The van der Waals surface area contributed by atoms with E-state index in [9.17, 15) is 31.3 Å². The van der Waals surface area contributed by atoms with Crippen molar-refractivity contribution >= 4 is 69.8 Å². The van der Waals surface area contributed by atoms with Crippen molar-refractivity contribution in [3.8, 4) is 0 Å². The molecule has 0 aliphatic rings. The van der Waals surface area contributed by atoms with E-state index in [0.29, 0.717) is 45.2 Å². The second-order valence-corrected chi connectivity index (χ2v) is 19.1. The first-order valence-electron chi connectivity index (χ1n) is 23.3.